The highest BCUT2D eigenvalue weighted by atomic mass is 19.1. The predicted molar refractivity (Wildman–Crippen MR) is 63.9 cm³/mol. The Balaban J connectivity index is 2.57. The highest BCUT2D eigenvalue weighted by Crippen LogP contribution is 2.22. The van der Waals surface area contributed by atoms with E-state index in [-0.39, 0.29) is 12.6 Å². The van der Waals surface area contributed by atoms with Crippen molar-refractivity contribution in [3.8, 4) is 5.75 Å². The molecule has 0 spiro atoms. The molecule has 0 aliphatic heterocycles. The van der Waals surface area contributed by atoms with Gasteiger partial charge in [-0.1, -0.05) is 18.2 Å². The number of hydrogen-bond acceptors (Lipinski definition) is 2. The Morgan fingerprint density at radius 1 is 1.41 bits per heavy atom. The maximum atomic E-state index is 11.8. The molecule has 0 aliphatic carbocycles. The number of para-hydroxylation sites is 1. The van der Waals surface area contributed by atoms with Gasteiger partial charge in [0.25, 0.3) is 0 Å². The van der Waals surface area contributed by atoms with Crippen molar-refractivity contribution in [2.24, 2.45) is 0 Å². The molecule has 0 unspecified atom stereocenters. The van der Waals surface area contributed by atoms with Crippen molar-refractivity contribution in [3.63, 3.8) is 0 Å². The molecule has 0 bridgehead atoms. The maximum Gasteiger partial charge on any atom is 0.315 e. The Bertz CT molecular complexity index is 383. The molecule has 1 rings (SSSR count). The van der Waals surface area contributed by atoms with Crippen LogP contribution in [0.25, 0.3) is 0 Å². The maximum absolute atomic E-state index is 11.8. The Kier molecular flexibility index (Phi) is 5.26. The number of halogens is 1. The largest absolute Gasteiger partial charge is 0.496 e. The molecule has 4 nitrogen and oxygen atoms in total. The van der Waals surface area contributed by atoms with Gasteiger partial charge in [0.15, 0.2) is 0 Å². The van der Waals surface area contributed by atoms with E-state index in [2.05, 4.69) is 10.6 Å². The second-order valence-electron chi connectivity index (χ2n) is 3.57. The van der Waals surface area contributed by atoms with Gasteiger partial charge in [0.05, 0.1) is 7.11 Å². The molecule has 0 heterocycles. The summed E-state index contributed by atoms with van der Waals surface area (Å²) in [5.41, 5.74) is 1.90. The number of aryl methyl sites for hydroxylation is 1. The van der Waals surface area contributed by atoms with Gasteiger partial charge in [-0.05, 0) is 12.5 Å². The summed E-state index contributed by atoms with van der Waals surface area (Å²) in [6.45, 7) is 1.74. The summed E-state index contributed by atoms with van der Waals surface area (Å²) in [7, 11) is 1.59. The van der Waals surface area contributed by atoms with Crippen molar-refractivity contribution in [1.82, 2.24) is 10.6 Å². The lowest BCUT2D eigenvalue weighted by atomic mass is 10.1. The summed E-state index contributed by atoms with van der Waals surface area (Å²) in [6, 6.07) is 5.33. The normalized spacial score (nSPS) is 9.82. The molecule has 17 heavy (non-hydrogen) atoms. The topological polar surface area (TPSA) is 50.4 Å². The van der Waals surface area contributed by atoms with Crippen LogP contribution in [0.4, 0.5) is 9.18 Å². The number of methoxy groups -OCH3 is 1. The fourth-order valence-electron chi connectivity index (χ4n) is 1.54. The van der Waals surface area contributed by atoms with Crippen molar-refractivity contribution >= 4 is 6.03 Å². The van der Waals surface area contributed by atoms with Crippen molar-refractivity contribution in [1.29, 1.82) is 0 Å². The molecule has 2 amide bonds. The summed E-state index contributed by atoms with van der Waals surface area (Å²) in [5.74, 6) is 0.762. The molecule has 0 saturated heterocycles. The number of alkyl halides is 1. The summed E-state index contributed by atoms with van der Waals surface area (Å²) in [5, 5.41) is 5.03. The van der Waals surface area contributed by atoms with E-state index >= 15 is 0 Å². The first-order valence-electron chi connectivity index (χ1n) is 5.39. The molecule has 0 radical (unpaired) electrons. The lowest BCUT2D eigenvalue weighted by Crippen LogP contribution is -2.36. The first-order valence-corrected chi connectivity index (χ1v) is 5.39. The van der Waals surface area contributed by atoms with Gasteiger partial charge >= 0.3 is 6.03 Å². The van der Waals surface area contributed by atoms with E-state index < -0.39 is 6.67 Å². The minimum atomic E-state index is -0.568. The van der Waals surface area contributed by atoms with Gasteiger partial charge in [-0.15, -0.1) is 0 Å². The number of rotatable bonds is 5. The van der Waals surface area contributed by atoms with E-state index in [0.717, 1.165) is 16.9 Å². The van der Waals surface area contributed by atoms with Gasteiger partial charge < -0.3 is 15.4 Å². The number of carbonyl (C=O) groups excluding carboxylic acids is 1. The van der Waals surface area contributed by atoms with Crippen molar-refractivity contribution in [3.05, 3.63) is 29.3 Å². The average Bonchev–Trinajstić information content (AvgIpc) is 2.33. The minimum Gasteiger partial charge on any atom is -0.496 e. The monoisotopic (exact) mass is 240 g/mol. The average molecular weight is 240 g/mol. The molecule has 1 aromatic rings. The lowest BCUT2D eigenvalue weighted by Gasteiger charge is -2.12. The van der Waals surface area contributed by atoms with Crippen molar-refractivity contribution in [2.75, 3.05) is 20.3 Å². The second kappa shape index (κ2) is 6.73. The van der Waals surface area contributed by atoms with Gasteiger partial charge in [-0.25, -0.2) is 9.18 Å². The number of ether oxygens (including phenoxy) is 1. The Morgan fingerprint density at radius 3 is 2.82 bits per heavy atom. The van der Waals surface area contributed by atoms with Crippen LogP contribution in [0, 0.1) is 6.92 Å². The number of hydrogen-bond donors (Lipinski definition) is 2. The van der Waals surface area contributed by atoms with Gasteiger partial charge in [0.1, 0.15) is 12.4 Å². The molecule has 0 saturated carbocycles. The quantitative estimate of drug-likeness (QED) is 0.824. The summed E-state index contributed by atoms with van der Waals surface area (Å²) >= 11 is 0. The SMILES string of the molecule is COc1c(C)cccc1CNC(=O)NCCF. The Morgan fingerprint density at radius 2 is 2.18 bits per heavy atom. The molecule has 0 aliphatic rings. The molecular formula is C12H17FN2O2. The van der Waals surface area contributed by atoms with Crippen molar-refractivity contribution in [2.45, 2.75) is 13.5 Å². The molecular weight excluding hydrogens is 223 g/mol. The van der Waals surface area contributed by atoms with Crippen LogP contribution >= 0.6 is 0 Å². The predicted octanol–water partition coefficient (Wildman–Crippen LogP) is 1.77. The summed E-state index contributed by atoms with van der Waals surface area (Å²) < 4.78 is 17.1. The third-order valence-electron chi connectivity index (χ3n) is 2.32. The standard InChI is InChI=1S/C12H17FN2O2/c1-9-4-3-5-10(11(9)17-2)8-15-12(16)14-7-6-13/h3-5H,6-8H2,1-2H3,(H2,14,15,16). The molecule has 94 valence electrons. The van der Waals surface area contributed by atoms with Crippen LogP contribution < -0.4 is 15.4 Å². The Labute approximate surface area is 100 Å². The molecule has 1 aromatic carbocycles. The van der Waals surface area contributed by atoms with E-state index in [0.29, 0.717) is 6.54 Å². The van der Waals surface area contributed by atoms with Crippen molar-refractivity contribution < 1.29 is 13.9 Å². The van der Waals surface area contributed by atoms with Crippen LogP contribution in [-0.2, 0) is 6.54 Å². The number of urea groups is 1. The third kappa shape index (κ3) is 3.94. The van der Waals surface area contributed by atoms with Gasteiger partial charge in [0.2, 0.25) is 0 Å². The fraction of sp³-hybridized carbons (Fsp3) is 0.417. The van der Waals surface area contributed by atoms with Crippen LogP contribution in [0.2, 0.25) is 0 Å². The summed E-state index contributed by atoms with van der Waals surface area (Å²) in [4.78, 5) is 11.2. The van der Waals surface area contributed by atoms with E-state index in [1.54, 1.807) is 7.11 Å². The molecule has 5 heteroatoms. The molecule has 0 aromatic heterocycles. The first kappa shape index (κ1) is 13.3. The van der Waals surface area contributed by atoms with Gasteiger partial charge in [-0.2, -0.15) is 0 Å². The number of benzene rings is 1. The van der Waals surface area contributed by atoms with E-state index in [1.807, 2.05) is 25.1 Å². The van der Waals surface area contributed by atoms with Gasteiger partial charge in [-0.3, -0.25) is 0 Å². The second-order valence-corrected chi connectivity index (χ2v) is 3.57. The Hall–Kier alpha value is -1.78. The highest BCUT2D eigenvalue weighted by Gasteiger charge is 2.06. The van der Waals surface area contributed by atoms with Gasteiger partial charge in [0, 0.05) is 18.7 Å². The van der Waals surface area contributed by atoms with Crippen LogP contribution in [-0.4, -0.2) is 26.4 Å². The van der Waals surface area contributed by atoms with E-state index in [9.17, 15) is 9.18 Å². The smallest absolute Gasteiger partial charge is 0.315 e. The highest BCUT2D eigenvalue weighted by molar-refractivity contribution is 5.73. The molecule has 2 N–H and O–H groups in total. The lowest BCUT2D eigenvalue weighted by molar-refractivity contribution is 0.239. The van der Waals surface area contributed by atoms with E-state index in [4.69, 9.17) is 4.74 Å². The zero-order valence-electron chi connectivity index (χ0n) is 10.0. The number of nitrogens with one attached hydrogen (secondary N) is 2. The van der Waals surface area contributed by atoms with Crippen LogP contribution in [0.1, 0.15) is 11.1 Å². The number of carbonyl (C=O) groups is 1. The fourth-order valence-corrected chi connectivity index (χ4v) is 1.54. The van der Waals surface area contributed by atoms with E-state index in [1.165, 1.54) is 0 Å². The minimum absolute atomic E-state index is 0.0246. The zero-order chi connectivity index (χ0) is 12.7. The number of amides is 2. The molecule has 0 atom stereocenters. The molecule has 0 fully saturated rings. The van der Waals surface area contributed by atoms with Crippen LogP contribution in [0.3, 0.4) is 0 Å². The summed E-state index contributed by atoms with van der Waals surface area (Å²) in [6.07, 6.45) is 0. The van der Waals surface area contributed by atoms with Crippen LogP contribution in [0.5, 0.6) is 5.75 Å². The van der Waals surface area contributed by atoms with Crippen LogP contribution in [0.15, 0.2) is 18.2 Å². The third-order valence-corrected chi connectivity index (χ3v) is 2.32. The first-order chi connectivity index (χ1) is 8.19. The zero-order valence-corrected chi connectivity index (χ0v) is 10.0.